The monoisotopic (exact) mass is 471 g/mol. The minimum Gasteiger partial charge on any atom is -0.497 e. The van der Waals surface area contributed by atoms with Crippen LogP contribution in [0.3, 0.4) is 0 Å². The van der Waals surface area contributed by atoms with Crippen LogP contribution in [0.25, 0.3) is 0 Å². The van der Waals surface area contributed by atoms with Gasteiger partial charge in [0, 0.05) is 21.4 Å². The summed E-state index contributed by atoms with van der Waals surface area (Å²) in [6.45, 7) is 2.43. The first-order valence-electron chi connectivity index (χ1n) is 9.37. The summed E-state index contributed by atoms with van der Waals surface area (Å²) in [4.78, 5) is 11.1. The number of thiazole rings is 1. The van der Waals surface area contributed by atoms with Gasteiger partial charge in [-0.05, 0) is 36.8 Å². The quantitative estimate of drug-likeness (QED) is 0.306. The van der Waals surface area contributed by atoms with E-state index in [0.29, 0.717) is 18.2 Å². The summed E-state index contributed by atoms with van der Waals surface area (Å²) in [7, 11) is 1.67. The number of halogens is 1. The van der Waals surface area contributed by atoms with Gasteiger partial charge in [-0.1, -0.05) is 48.2 Å². The van der Waals surface area contributed by atoms with Gasteiger partial charge in [0.05, 0.1) is 12.8 Å². The zero-order valence-corrected chi connectivity index (χ0v) is 19.5. The van der Waals surface area contributed by atoms with Gasteiger partial charge in [0.1, 0.15) is 12.4 Å². The lowest BCUT2D eigenvalue weighted by molar-refractivity contribution is 0.306. The zero-order valence-electron chi connectivity index (χ0n) is 17.1. The summed E-state index contributed by atoms with van der Waals surface area (Å²) in [5.74, 6) is 2.15. The maximum absolute atomic E-state index is 6.14. The predicted molar refractivity (Wildman–Crippen MR) is 130 cm³/mol. The Hall–Kier alpha value is -2.74. The predicted octanol–water partition coefficient (Wildman–Crippen LogP) is 6.75. The van der Waals surface area contributed by atoms with Crippen LogP contribution in [0.15, 0.2) is 82.0 Å². The number of hydrogen-bond acceptors (Lipinski definition) is 7. The molecule has 2 heterocycles. The minimum atomic E-state index is 0. The van der Waals surface area contributed by atoms with Crippen molar-refractivity contribution >= 4 is 46.5 Å². The molecule has 31 heavy (non-hydrogen) atoms. The molecule has 0 radical (unpaired) electrons. The molecule has 1 N–H and O–H groups in total. The van der Waals surface area contributed by atoms with Gasteiger partial charge in [0.2, 0.25) is 0 Å². The molecule has 4 rings (SSSR count). The molecule has 160 valence electrons. The summed E-state index contributed by atoms with van der Waals surface area (Å²) in [5, 5.41) is 6.07. The molecule has 4 aromatic rings. The van der Waals surface area contributed by atoms with Crippen molar-refractivity contribution in [1.29, 1.82) is 0 Å². The Labute approximate surface area is 196 Å². The summed E-state index contributed by atoms with van der Waals surface area (Å²) < 4.78 is 11.5. The number of aryl methyl sites for hydroxylation is 1. The van der Waals surface area contributed by atoms with Gasteiger partial charge in [0.15, 0.2) is 16.7 Å². The van der Waals surface area contributed by atoms with Crippen LogP contribution >= 0.6 is 35.5 Å². The molecule has 0 fully saturated rings. The summed E-state index contributed by atoms with van der Waals surface area (Å²) >= 11 is 3.15. The van der Waals surface area contributed by atoms with E-state index >= 15 is 0 Å². The van der Waals surface area contributed by atoms with E-state index in [1.807, 2.05) is 79.2 Å². The molecular weight excluding hydrogens is 450 g/mol. The van der Waals surface area contributed by atoms with Crippen LogP contribution in [0.1, 0.15) is 11.3 Å². The van der Waals surface area contributed by atoms with E-state index in [0.717, 1.165) is 31.9 Å². The number of benzene rings is 2. The number of pyridine rings is 1. The fourth-order valence-corrected chi connectivity index (χ4v) is 4.29. The first-order chi connectivity index (χ1) is 14.7. The SMILES string of the molecule is COc1cccc(Sc2cnc(Nc3nc(C)cs3)c(OCc3ccccc3)c2)c1.Cl. The molecule has 2 aromatic carbocycles. The summed E-state index contributed by atoms with van der Waals surface area (Å²) in [6, 6.07) is 20.0. The molecule has 0 bridgehead atoms. The highest BCUT2D eigenvalue weighted by Gasteiger charge is 2.11. The number of nitrogens with one attached hydrogen (secondary N) is 1. The smallest absolute Gasteiger partial charge is 0.188 e. The molecule has 2 aromatic heterocycles. The molecule has 0 spiro atoms. The standard InChI is InChI=1S/C23H21N3O2S2.ClH/c1-16-15-29-23(25-16)26-22-21(28-14-17-7-4-3-5-8-17)12-20(13-24-22)30-19-10-6-9-18(11-19)27-2;/h3-13,15H,14H2,1-2H3,(H,24,25,26);1H. The fraction of sp³-hybridized carbons (Fsp3) is 0.130. The Balaban J connectivity index is 0.00000272. The molecule has 0 amide bonds. The average molecular weight is 472 g/mol. The van der Waals surface area contributed by atoms with E-state index in [1.54, 1.807) is 30.2 Å². The van der Waals surface area contributed by atoms with Crippen molar-refractivity contribution in [2.75, 3.05) is 12.4 Å². The third-order valence-corrected chi connectivity index (χ3v) is 6.01. The first-order valence-corrected chi connectivity index (χ1v) is 11.1. The lowest BCUT2D eigenvalue weighted by atomic mass is 10.2. The second kappa shape index (κ2) is 11.0. The van der Waals surface area contributed by atoms with E-state index in [2.05, 4.69) is 15.3 Å². The minimum absolute atomic E-state index is 0. The molecule has 5 nitrogen and oxygen atoms in total. The molecule has 0 aliphatic carbocycles. The van der Waals surface area contributed by atoms with Gasteiger partial charge < -0.3 is 14.8 Å². The van der Waals surface area contributed by atoms with Crippen molar-refractivity contribution in [3.63, 3.8) is 0 Å². The normalized spacial score (nSPS) is 10.3. The lowest BCUT2D eigenvalue weighted by Crippen LogP contribution is -2.01. The number of ether oxygens (including phenoxy) is 2. The molecule has 0 saturated carbocycles. The molecular formula is C23H22ClN3O2S2. The third-order valence-electron chi connectivity index (χ3n) is 4.19. The van der Waals surface area contributed by atoms with Crippen molar-refractivity contribution in [2.45, 2.75) is 23.3 Å². The average Bonchev–Trinajstić information content (AvgIpc) is 3.19. The van der Waals surface area contributed by atoms with E-state index in [1.165, 1.54) is 0 Å². The van der Waals surface area contributed by atoms with Crippen molar-refractivity contribution in [1.82, 2.24) is 9.97 Å². The van der Waals surface area contributed by atoms with Gasteiger partial charge in [-0.2, -0.15) is 0 Å². The van der Waals surface area contributed by atoms with Crippen LogP contribution in [-0.2, 0) is 6.61 Å². The van der Waals surface area contributed by atoms with Gasteiger partial charge in [-0.3, -0.25) is 0 Å². The Kier molecular flexibility index (Phi) is 8.17. The molecule has 0 saturated heterocycles. The second-order valence-corrected chi connectivity index (χ2v) is 8.50. The van der Waals surface area contributed by atoms with Crippen LogP contribution in [0.5, 0.6) is 11.5 Å². The van der Waals surface area contributed by atoms with Crippen molar-refractivity contribution in [3.8, 4) is 11.5 Å². The van der Waals surface area contributed by atoms with Crippen molar-refractivity contribution in [2.24, 2.45) is 0 Å². The van der Waals surface area contributed by atoms with E-state index in [-0.39, 0.29) is 12.4 Å². The summed E-state index contributed by atoms with van der Waals surface area (Å²) in [6.07, 6.45) is 1.84. The van der Waals surface area contributed by atoms with E-state index in [4.69, 9.17) is 9.47 Å². The molecule has 0 atom stereocenters. The van der Waals surface area contributed by atoms with Gasteiger partial charge in [-0.25, -0.2) is 9.97 Å². The van der Waals surface area contributed by atoms with Crippen LogP contribution in [0, 0.1) is 6.92 Å². The maximum Gasteiger partial charge on any atom is 0.188 e. The van der Waals surface area contributed by atoms with Gasteiger partial charge in [0.25, 0.3) is 0 Å². The molecule has 0 aliphatic rings. The van der Waals surface area contributed by atoms with Crippen LogP contribution in [-0.4, -0.2) is 17.1 Å². The Morgan fingerprint density at radius 1 is 1.03 bits per heavy atom. The highest BCUT2D eigenvalue weighted by atomic mass is 35.5. The molecule has 0 aliphatic heterocycles. The van der Waals surface area contributed by atoms with Crippen LogP contribution in [0.4, 0.5) is 10.9 Å². The largest absolute Gasteiger partial charge is 0.497 e. The van der Waals surface area contributed by atoms with Gasteiger partial charge in [-0.15, -0.1) is 23.7 Å². The number of hydrogen-bond donors (Lipinski definition) is 1. The lowest BCUT2D eigenvalue weighted by Gasteiger charge is -2.13. The van der Waals surface area contributed by atoms with E-state index < -0.39 is 0 Å². The Morgan fingerprint density at radius 3 is 2.61 bits per heavy atom. The Morgan fingerprint density at radius 2 is 1.87 bits per heavy atom. The zero-order chi connectivity index (χ0) is 20.8. The van der Waals surface area contributed by atoms with Crippen LogP contribution < -0.4 is 14.8 Å². The highest BCUT2D eigenvalue weighted by Crippen LogP contribution is 2.35. The van der Waals surface area contributed by atoms with Crippen LogP contribution in [0.2, 0.25) is 0 Å². The molecule has 0 unspecified atom stereocenters. The maximum atomic E-state index is 6.14. The number of methoxy groups -OCH3 is 1. The molecule has 8 heteroatoms. The highest BCUT2D eigenvalue weighted by molar-refractivity contribution is 7.99. The fourth-order valence-electron chi connectivity index (χ4n) is 2.74. The second-order valence-electron chi connectivity index (χ2n) is 6.49. The summed E-state index contributed by atoms with van der Waals surface area (Å²) in [5.41, 5.74) is 2.07. The van der Waals surface area contributed by atoms with E-state index in [9.17, 15) is 0 Å². The van der Waals surface area contributed by atoms with Crippen molar-refractivity contribution in [3.05, 3.63) is 83.5 Å². The number of anilines is 2. The number of aromatic nitrogens is 2. The third kappa shape index (κ3) is 6.37. The van der Waals surface area contributed by atoms with Gasteiger partial charge >= 0.3 is 0 Å². The Bertz CT molecular complexity index is 1120. The first kappa shape index (κ1) is 22.9. The number of rotatable bonds is 8. The number of nitrogens with zero attached hydrogens (tertiary/aromatic N) is 2. The van der Waals surface area contributed by atoms with Crippen molar-refractivity contribution < 1.29 is 9.47 Å². The topological polar surface area (TPSA) is 56.3 Å².